The maximum Gasteiger partial charge on any atom is 0.224 e. The number of fused-ring (bicyclic) bond motifs is 2. The number of piperidine rings is 1. The molecule has 0 unspecified atom stereocenters. The van der Waals surface area contributed by atoms with Gasteiger partial charge < -0.3 is 14.8 Å². The van der Waals surface area contributed by atoms with Gasteiger partial charge in [-0.2, -0.15) is 0 Å². The number of nitrogens with one attached hydrogen (secondary N) is 1. The number of amides is 1. The van der Waals surface area contributed by atoms with Gasteiger partial charge in [0.15, 0.2) is 0 Å². The highest BCUT2D eigenvalue weighted by Gasteiger charge is 2.42. The van der Waals surface area contributed by atoms with E-state index in [2.05, 4.69) is 60.1 Å². The van der Waals surface area contributed by atoms with E-state index in [9.17, 15) is 4.79 Å². The Hall–Kier alpha value is -1.81. The molecule has 3 aliphatic rings. The number of likely N-dealkylation sites (tertiary alicyclic amines) is 1. The minimum absolute atomic E-state index is 0.0979. The summed E-state index contributed by atoms with van der Waals surface area (Å²) in [5.41, 5.74) is 4.33. The van der Waals surface area contributed by atoms with Gasteiger partial charge in [0.25, 0.3) is 0 Å². The Morgan fingerprint density at radius 2 is 1.84 bits per heavy atom. The molecular formula is C27H39N3O. The van der Waals surface area contributed by atoms with Crippen LogP contribution in [0.3, 0.4) is 0 Å². The van der Waals surface area contributed by atoms with Crippen molar-refractivity contribution in [1.82, 2.24) is 14.8 Å². The van der Waals surface area contributed by atoms with Crippen LogP contribution in [0, 0.1) is 5.92 Å². The Labute approximate surface area is 187 Å². The van der Waals surface area contributed by atoms with Crippen molar-refractivity contribution in [2.75, 3.05) is 13.6 Å². The molecule has 1 aromatic carbocycles. The van der Waals surface area contributed by atoms with Gasteiger partial charge in [0.05, 0.1) is 5.92 Å². The molecule has 1 amide bonds. The van der Waals surface area contributed by atoms with E-state index in [1.54, 1.807) is 0 Å². The van der Waals surface area contributed by atoms with Gasteiger partial charge >= 0.3 is 0 Å². The molecule has 3 atom stereocenters. The first-order chi connectivity index (χ1) is 15.0. The van der Waals surface area contributed by atoms with Gasteiger partial charge in [0.1, 0.15) is 0 Å². The zero-order valence-corrected chi connectivity index (χ0v) is 19.6. The maximum absolute atomic E-state index is 13.3. The third-order valence-corrected chi connectivity index (χ3v) is 8.25. The van der Waals surface area contributed by atoms with Gasteiger partial charge in [0.2, 0.25) is 5.91 Å². The van der Waals surface area contributed by atoms with E-state index in [-0.39, 0.29) is 5.92 Å². The second-order valence-corrected chi connectivity index (χ2v) is 10.7. The van der Waals surface area contributed by atoms with Crippen LogP contribution in [0.5, 0.6) is 0 Å². The summed E-state index contributed by atoms with van der Waals surface area (Å²) in [5, 5.41) is 4.93. The van der Waals surface area contributed by atoms with E-state index in [4.69, 9.17) is 0 Å². The van der Waals surface area contributed by atoms with Crippen molar-refractivity contribution >= 4 is 16.8 Å². The summed E-state index contributed by atoms with van der Waals surface area (Å²) in [5.74, 6) is 0.848. The third-order valence-electron chi connectivity index (χ3n) is 8.25. The second-order valence-electron chi connectivity index (χ2n) is 10.7. The number of carbonyl (C=O) groups is 1. The molecule has 0 bridgehead atoms. The summed E-state index contributed by atoms with van der Waals surface area (Å²) in [7, 11) is 2.23. The fraction of sp³-hybridized carbons (Fsp3) is 0.667. The molecule has 31 heavy (non-hydrogen) atoms. The fourth-order valence-corrected chi connectivity index (χ4v) is 6.61. The topological polar surface area (TPSA) is 37.3 Å². The number of benzene rings is 1. The summed E-state index contributed by atoms with van der Waals surface area (Å²) in [4.78, 5) is 15.8. The zero-order chi connectivity index (χ0) is 21.5. The average Bonchev–Trinajstić information content (AvgIpc) is 3.11. The smallest absolute Gasteiger partial charge is 0.224 e. The lowest BCUT2D eigenvalue weighted by atomic mass is 9.72. The van der Waals surface area contributed by atoms with Gasteiger partial charge in [-0.15, -0.1) is 0 Å². The van der Waals surface area contributed by atoms with Crippen molar-refractivity contribution in [2.24, 2.45) is 5.92 Å². The normalized spacial score (nSPS) is 27.7. The van der Waals surface area contributed by atoms with Crippen molar-refractivity contribution < 1.29 is 4.79 Å². The summed E-state index contributed by atoms with van der Waals surface area (Å²) in [6.07, 6.45) is 13.3. The maximum atomic E-state index is 13.3. The van der Waals surface area contributed by atoms with Gasteiger partial charge in [-0.3, -0.25) is 4.79 Å². The number of carbonyl (C=O) groups excluding carboxylic acids is 1. The van der Waals surface area contributed by atoms with Crippen LogP contribution in [-0.2, 0) is 11.2 Å². The quantitative estimate of drug-likeness (QED) is 0.719. The van der Waals surface area contributed by atoms with Crippen LogP contribution >= 0.6 is 0 Å². The monoisotopic (exact) mass is 421 g/mol. The van der Waals surface area contributed by atoms with E-state index in [0.29, 0.717) is 30.0 Å². The van der Waals surface area contributed by atoms with Crippen LogP contribution in [0.2, 0.25) is 0 Å². The van der Waals surface area contributed by atoms with Crippen molar-refractivity contribution in [2.45, 2.75) is 95.7 Å². The summed E-state index contributed by atoms with van der Waals surface area (Å²) < 4.78 is 2.43. The molecule has 1 saturated heterocycles. The van der Waals surface area contributed by atoms with Gasteiger partial charge in [-0.25, -0.2) is 0 Å². The van der Waals surface area contributed by atoms with E-state index in [1.807, 2.05) is 0 Å². The highest BCUT2D eigenvalue weighted by Crippen LogP contribution is 2.45. The van der Waals surface area contributed by atoms with Crippen LogP contribution in [-0.4, -0.2) is 41.1 Å². The Balaban J connectivity index is 1.38. The van der Waals surface area contributed by atoms with E-state index < -0.39 is 0 Å². The largest absolute Gasteiger partial charge is 0.353 e. The summed E-state index contributed by atoms with van der Waals surface area (Å²) in [6.45, 7) is 5.42. The third kappa shape index (κ3) is 3.92. The number of aromatic nitrogens is 1. The molecule has 5 rings (SSSR count). The predicted molar refractivity (Wildman–Crippen MR) is 128 cm³/mol. The number of hydrogen-bond acceptors (Lipinski definition) is 2. The molecule has 2 aliphatic carbocycles. The molecule has 2 fully saturated rings. The average molecular weight is 422 g/mol. The Kier molecular flexibility index (Phi) is 5.85. The molecule has 2 aromatic rings. The predicted octanol–water partition coefficient (Wildman–Crippen LogP) is 5.41. The number of nitrogens with zero attached hydrogens (tertiary/aromatic N) is 2. The minimum atomic E-state index is 0.0979. The number of hydrogen-bond donors (Lipinski definition) is 1. The minimum Gasteiger partial charge on any atom is -0.353 e. The second kappa shape index (κ2) is 8.61. The van der Waals surface area contributed by atoms with Crippen LogP contribution in [0.25, 0.3) is 10.9 Å². The van der Waals surface area contributed by atoms with Crippen molar-refractivity contribution in [3.05, 3.63) is 35.5 Å². The number of likely N-dealkylation sites (N-methyl/N-ethyl adjacent to an activating group) is 1. The molecule has 1 aliphatic heterocycles. The van der Waals surface area contributed by atoms with Crippen LogP contribution in [0.1, 0.15) is 88.3 Å². The molecule has 1 saturated carbocycles. The standard InChI is InChI=1S/C27H39N3O/c1-18(2)30-17-19-15-25-23(22-12-9-13-24(30)26(19)22)14-20(16-29(25)3)27(31)28-21-10-7-5-4-6-8-11-21/h9,12-13,17-18,20-21,23,25H,4-8,10-11,14-16H2,1-3H3,(H,28,31)/t20-,23-,25-/m1/s1. The van der Waals surface area contributed by atoms with E-state index in [0.717, 1.165) is 32.2 Å². The number of rotatable bonds is 3. The SMILES string of the molecule is CC(C)n1cc2c3c(cccc31)[C@H]1C[C@@H](C(=O)NC3CCCCCCC3)CN(C)[C@@H]1C2. The fourth-order valence-electron chi connectivity index (χ4n) is 6.61. The van der Waals surface area contributed by atoms with Crippen LogP contribution < -0.4 is 5.32 Å². The lowest BCUT2D eigenvalue weighted by Gasteiger charge is -2.45. The Morgan fingerprint density at radius 1 is 1.10 bits per heavy atom. The molecule has 4 heteroatoms. The van der Waals surface area contributed by atoms with Crippen LogP contribution in [0.15, 0.2) is 24.4 Å². The van der Waals surface area contributed by atoms with Gasteiger partial charge in [-0.05, 0) is 63.8 Å². The molecule has 0 spiro atoms. The molecule has 1 N–H and O–H groups in total. The zero-order valence-electron chi connectivity index (χ0n) is 19.6. The Bertz CT molecular complexity index is 937. The van der Waals surface area contributed by atoms with Gasteiger partial charge in [-0.1, -0.05) is 44.2 Å². The molecule has 168 valence electrons. The van der Waals surface area contributed by atoms with Crippen molar-refractivity contribution in [3.63, 3.8) is 0 Å². The Morgan fingerprint density at radius 3 is 2.58 bits per heavy atom. The van der Waals surface area contributed by atoms with Gasteiger partial charge in [0, 0.05) is 47.7 Å². The molecular weight excluding hydrogens is 382 g/mol. The molecule has 1 aromatic heterocycles. The highest BCUT2D eigenvalue weighted by atomic mass is 16.2. The van der Waals surface area contributed by atoms with Crippen molar-refractivity contribution in [3.8, 4) is 0 Å². The highest BCUT2D eigenvalue weighted by molar-refractivity contribution is 5.89. The summed E-state index contributed by atoms with van der Waals surface area (Å²) in [6, 6.07) is 8.18. The lowest BCUT2D eigenvalue weighted by Crippen LogP contribution is -2.52. The van der Waals surface area contributed by atoms with E-state index >= 15 is 0 Å². The first kappa shape index (κ1) is 21.1. The van der Waals surface area contributed by atoms with Crippen molar-refractivity contribution in [1.29, 1.82) is 0 Å². The molecule has 0 radical (unpaired) electrons. The lowest BCUT2D eigenvalue weighted by molar-refractivity contribution is -0.128. The summed E-state index contributed by atoms with van der Waals surface area (Å²) >= 11 is 0. The van der Waals surface area contributed by atoms with E-state index in [1.165, 1.54) is 54.1 Å². The van der Waals surface area contributed by atoms with Crippen LogP contribution in [0.4, 0.5) is 0 Å². The molecule has 4 nitrogen and oxygen atoms in total. The first-order valence-electron chi connectivity index (χ1n) is 12.7. The first-order valence-corrected chi connectivity index (χ1v) is 12.7. The molecule has 2 heterocycles.